The van der Waals surface area contributed by atoms with E-state index in [0.717, 1.165) is 25.9 Å². The van der Waals surface area contributed by atoms with Crippen molar-refractivity contribution in [3.63, 3.8) is 0 Å². The number of methoxy groups -OCH3 is 1. The van der Waals surface area contributed by atoms with E-state index in [1.807, 2.05) is 4.90 Å². The van der Waals surface area contributed by atoms with E-state index in [0.29, 0.717) is 23.3 Å². The van der Waals surface area contributed by atoms with Crippen LogP contribution in [0.25, 0.3) is 0 Å². The lowest BCUT2D eigenvalue weighted by atomic mass is 9.92. The number of hydrogen-bond donors (Lipinski definition) is 3. The fraction of sp³-hybridized carbons (Fsp3) is 0.429. The topological polar surface area (TPSA) is 116 Å². The summed E-state index contributed by atoms with van der Waals surface area (Å²) < 4.78 is 5.26. The van der Waals surface area contributed by atoms with E-state index in [-0.39, 0.29) is 23.7 Å². The Kier molecular flexibility index (Phi) is 5.43. The van der Waals surface area contributed by atoms with Crippen molar-refractivity contribution >= 4 is 29.3 Å². The molecule has 30 heavy (non-hydrogen) atoms. The molecule has 4 rings (SSSR count). The third kappa shape index (κ3) is 3.87. The van der Waals surface area contributed by atoms with Crippen molar-refractivity contribution in [3.05, 3.63) is 40.2 Å². The van der Waals surface area contributed by atoms with Crippen LogP contribution in [0.4, 0.5) is 17.5 Å². The Morgan fingerprint density at radius 3 is 2.70 bits per heavy atom. The number of fused-ring (bicyclic) bond motifs is 1. The van der Waals surface area contributed by atoms with Gasteiger partial charge in [0.1, 0.15) is 11.6 Å². The van der Waals surface area contributed by atoms with Crippen molar-refractivity contribution in [3.8, 4) is 5.75 Å². The summed E-state index contributed by atoms with van der Waals surface area (Å²) in [6, 6.07) is 6.97. The van der Waals surface area contributed by atoms with Gasteiger partial charge in [-0.1, -0.05) is 19.1 Å². The molecular weight excluding hydrogens is 386 g/mol. The number of nitrogens with one attached hydrogen (secondary N) is 3. The summed E-state index contributed by atoms with van der Waals surface area (Å²) in [5.74, 6) is -0.0336. The van der Waals surface area contributed by atoms with Gasteiger partial charge in [-0.05, 0) is 30.9 Å². The van der Waals surface area contributed by atoms with Crippen LogP contribution in [0.2, 0.25) is 0 Å². The number of carbonyl (C=O) groups is 2. The van der Waals surface area contributed by atoms with Crippen LogP contribution in [-0.4, -0.2) is 42.0 Å². The van der Waals surface area contributed by atoms with Crippen LogP contribution in [0, 0.1) is 5.92 Å². The number of benzene rings is 1. The molecule has 1 saturated heterocycles. The quantitative estimate of drug-likeness (QED) is 0.709. The average molecular weight is 411 g/mol. The van der Waals surface area contributed by atoms with Crippen molar-refractivity contribution in [2.45, 2.75) is 32.1 Å². The summed E-state index contributed by atoms with van der Waals surface area (Å²) in [5, 5.41) is 5.43. The summed E-state index contributed by atoms with van der Waals surface area (Å²) >= 11 is 0. The summed E-state index contributed by atoms with van der Waals surface area (Å²) in [6.07, 6.45) is 1.90. The molecule has 158 valence electrons. The molecule has 3 heterocycles. The van der Waals surface area contributed by atoms with E-state index < -0.39 is 17.4 Å². The van der Waals surface area contributed by atoms with Crippen molar-refractivity contribution in [1.82, 2.24) is 9.97 Å². The second-order valence-electron chi connectivity index (χ2n) is 7.82. The molecule has 2 amide bonds. The summed E-state index contributed by atoms with van der Waals surface area (Å²) in [5.41, 5.74) is 0.242. The lowest BCUT2D eigenvalue weighted by Crippen LogP contribution is -2.39. The SMILES string of the molecule is COc1ccccc1NC(=O)[C@@H]1CC(=O)Nc2nc(N3CCC(C)CC3)[nH]c(=O)c21. The number of hydrogen-bond acceptors (Lipinski definition) is 6. The highest BCUT2D eigenvalue weighted by Gasteiger charge is 2.35. The molecule has 0 unspecified atom stereocenters. The summed E-state index contributed by atoms with van der Waals surface area (Å²) in [4.78, 5) is 47.5. The Balaban J connectivity index is 1.64. The normalized spacial score (nSPS) is 19.1. The monoisotopic (exact) mass is 411 g/mol. The van der Waals surface area contributed by atoms with Gasteiger partial charge in [0.2, 0.25) is 17.8 Å². The standard InChI is InChI=1S/C21H25N5O4/c1-12-7-9-26(10-8-12)21-24-18-17(20(29)25-21)13(11-16(27)23-18)19(28)22-14-5-3-4-6-15(14)30-2/h3-6,12-13H,7-11H2,1-2H3,(H,22,28)(H2,23,24,25,27,29)/t13-/m1/s1. The Labute approximate surface area is 173 Å². The van der Waals surface area contributed by atoms with E-state index in [2.05, 4.69) is 27.5 Å². The third-order valence-electron chi connectivity index (χ3n) is 5.70. The van der Waals surface area contributed by atoms with Crippen molar-refractivity contribution in [2.24, 2.45) is 5.92 Å². The number of amides is 2. The number of rotatable bonds is 4. The zero-order valence-corrected chi connectivity index (χ0v) is 17.0. The van der Waals surface area contributed by atoms with Crippen molar-refractivity contribution in [2.75, 3.05) is 35.7 Å². The van der Waals surface area contributed by atoms with E-state index in [1.54, 1.807) is 24.3 Å². The number of anilines is 3. The molecule has 9 nitrogen and oxygen atoms in total. The minimum Gasteiger partial charge on any atom is -0.495 e. The van der Waals surface area contributed by atoms with Crippen LogP contribution in [0.15, 0.2) is 29.1 Å². The van der Waals surface area contributed by atoms with E-state index in [1.165, 1.54) is 7.11 Å². The lowest BCUT2D eigenvalue weighted by Gasteiger charge is -2.31. The Morgan fingerprint density at radius 2 is 1.97 bits per heavy atom. The van der Waals surface area contributed by atoms with Gasteiger partial charge in [-0.3, -0.25) is 19.4 Å². The first-order valence-electron chi connectivity index (χ1n) is 10.1. The fourth-order valence-corrected chi connectivity index (χ4v) is 3.92. The zero-order valence-electron chi connectivity index (χ0n) is 17.0. The molecule has 0 saturated carbocycles. The van der Waals surface area contributed by atoms with Gasteiger partial charge in [-0.15, -0.1) is 0 Å². The van der Waals surface area contributed by atoms with Crippen LogP contribution in [0.5, 0.6) is 5.75 Å². The molecule has 1 aromatic heterocycles. The van der Waals surface area contributed by atoms with E-state index in [9.17, 15) is 14.4 Å². The highest BCUT2D eigenvalue weighted by molar-refractivity contribution is 6.04. The maximum absolute atomic E-state index is 13.0. The number of piperidine rings is 1. The molecule has 0 radical (unpaired) electrons. The molecule has 0 spiro atoms. The molecule has 1 fully saturated rings. The smallest absolute Gasteiger partial charge is 0.258 e. The minimum absolute atomic E-state index is 0.126. The second-order valence-corrected chi connectivity index (χ2v) is 7.82. The molecule has 3 N–H and O–H groups in total. The molecule has 0 aliphatic carbocycles. The molecule has 9 heteroatoms. The second kappa shape index (κ2) is 8.17. The van der Waals surface area contributed by atoms with E-state index in [4.69, 9.17) is 4.74 Å². The van der Waals surface area contributed by atoms with Crippen molar-refractivity contribution in [1.29, 1.82) is 0 Å². The summed E-state index contributed by atoms with van der Waals surface area (Å²) in [7, 11) is 1.51. The maximum atomic E-state index is 13.0. The van der Waals surface area contributed by atoms with Gasteiger partial charge < -0.3 is 20.3 Å². The van der Waals surface area contributed by atoms with Crippen molar-refractivity contribution < 1.29 is 14.3 Å². The average Bonchev–Trinajstić information content (AvgIpc) is 2.73. The fourth-order valence-electron chi connectivity index (χ4n) is 3.92. The van der Waals surface area contributed by atoms with Gasteiger partial charge >= 0.3 is 0 Å². The first-order valence-corrected chi connectivity index (χ1v) is 10.1. The lowest BCUT2D eigenvalue weighted by molar-refractivity contribution is -0.123. The van der Waals surface area contributed by atoms with Crippen LogP contribution in [0.1, 0.15) is 37.7 Å². The number of H-pyrrole nitrogens is 1. The molecule has 2 aliphatic heterocycles. The summed E-state index contributed by atoms with van der Waals surface area (Å²) in [6.45, 7) is 3.77. The number of nitrogens with zero attached hydrogens (tertiary/aromatic N) is 2. The number of aromatic amines is 1. The number of para-hydroxylation sites is 2. The predicted molar refractivity (Wildman–Crippen MR) is 113 cm³/mol. The highest BCUT2D eigenvalue weighted by Crippen LogP contribution is 2.32. The highest BCUT2D eigenvalue weighted by atomic mass is 16.5. The molecular formula is C21H25N5O4. The molecule has 0 bridgehead atoms. The predicted octanol–water partition coefficient (Wildman–Crippen LogP) is 2.08. The van der Waals surface area contributed by atoms with Crippen LogP contribution >= 0.6 is 0 Å². The third-order valence-corrected chi connectivity index (χ3v) is 5.70. The van der Waals surface area contributed by atoms with Gasteiger partial charge in [0.05, 0.1) is 24.3 Å². The molecule has 1 aromatic carbocycles. The first-order chi connectivity index (χ1) is 14.5. The maximum Gasteiger partial charge on any atom is 0.258 e. The Hall–Kier alpha value is -3.36. The molecule has 2 aromatic rings. The Morgan fingerprint density at radius 1 is 1.23 bits per heavy atom. The molecule has 2 aliphatic rings. The minimum atomic E-state index is -0.939. The number of aromatic nitrogens is 2. The van der Waals surface area contributed by atoms with Crippen LogP contribution < -0.4 is 25.8 Å². The zero-order chi connectivity index (χ0) is 21.3. The van der Waals surface area contributed by atoms with Gasteiger partial charge in [0, 0.05) is 19.5 Å². The molecule has 1 atom stereocenters. The number of carbonyl (C=O) groups excluding carboxylic acids is 2. The Bertz CT molecular complexity index is 1030. The van der Waals surface area contributed by atoms with Gasteiger partial charge in [0.25, 0.3) is 5.56 Å². The van der Waals surface area contributed by atoms with Crippen LogP contribution in [-0.2, 0) is 9.59 Å². The van der Waals surface area contributed by atoms with Gasteiger partial charge in [0.15, 0.2) is 0 Å². The van der Waals surface area contributed by atoms with Gasteiger partial charge in [-0.2, -0.15) is 4.98 Å². The van der Waals surface area contributed by atoms with E-state index >= 15 is 0 Å². The number of ether oxygens (including phenoxy) is 1. The van der Waals surface area contributed by atoms with Crippen LogP contribution in [0.3, 0.4) is 0 Å². The van der Waals surface area contributed by atoms with Gasteiger partial charge in [-0.25, -0.2) is 0 Å². The first kappa shape index (κ1) is 19.9. The largest absolute Gasteiger partial charge is 0.495 e.